The molecule has 21 heavy (non-hydrogen) atoms. The maximum Gasteiger partial charge on any atom is 0.241 e. The fraction of sp³-hybridized carbons (Fsp3) is 0.800. The van der Waals surface area contributed by atoms with Gasteiger partial charge in [0.25, 0.3) is 0 Å². The van der Waals surface area contributed by atoms with Crippen LogP contribution in [0.3, 0.4) is 0 Å². The van der Waals surface area contributed by atoms with E-state index in [0.29, 0.717) is 6.42 Å². The Morgan fingerprint density at radius 2 is 1.67 bits per heavy atom. The number of carbonyl (C=O) groups is 3. The van der Waals surface area contributed by atoms with Gasteiger partial charge in [-0.15, -0.1) is 0 Å². The summed E-state index contributed by atoms with van der Waals surface area (Å²) in [5, 5.41) is 2.58. The predicted molar refractivity (Wildman–Crippen MR) is 80.1 cm³/mol. The number of rotatable bonds is 5. The zero-order chi connectivity index (χ0) is 16.2. The molecule has 0 aromatic rings. The van der Waals surface area contributed by atoms with E-state index in [1.54, 1.807) is 0 Å². The van der Waals surface area contributed by atoms with Gasteiger partial charge in [0.2, 0.25) is 11.8 Å². The summed E-state index contributed by atoms with van der Waals surface area (Å²) in [7, 11) is 0. The average Bonchev–Trinajstić information content (AvgIpc) is 2.42. The molecular formula is C15H27N3O3. The number of primary amides is 1. The van der Waals surface area contributed by atoms with E-state index in [2.05, 4.69) is 5.32 Å². The van der Waals surface area contributed by atoms with Gasteiger partial charge in [-0.2, -0.15) is 0 Å². The molecule has 6 heteroatoms. The van der Waals surface area contributed by atoms with Gasteiger partial charge < -0.3 is 16.8 Å². The van der Waals surface area contributed by atoms with Crippen molar-refractivity contribution in [2.75, 3.05) is 6.54 Å². The van der Waals surface area contributed by atoms with Crippen molar-refractivity contribution in [2.24, 2.45) is 28.7 Å². The van der Waals surface area contributed by atoms with Crippen molar-refractivity contribution in [1.29, 1.82) is 0 Å². The molecule has 0 aromatic heterocycles. The molecule has 0 bridgehead atoms. The van der Waals surface area contributed by atoms with E-state index in [1.807, 2.05) is 20.8 Å². The van der Waals surface area contributed by atoms with Gasteiger partial charge in [0, 0.05) is 23.8 Å². The summed E-state index contributed by atoms with van der Waals surface area (Å²) in [4.78, 5) is 36.1. The molecule has 3 unspecified atom stereocenters. The SMILES string of the molecule is CC(C)(C)C(=O)C1CCCCC1C(=O)NC(CN)C(N)=O. The van der Waals surface area contributed by atoms with Crippen molar-refractivity contribution in [3.63, 3.8) is 0 Å². The molecule has 0 aliphatic heterocycles. The Bertz CT molecular complexity index is 415. The first kappa shape index (κ1) is 17.6. The zero-order valence-electron chi connectivity index (χ0n) is 13.1. The lowest BCUT2D eigenvalue weighted by Crippen LogP contribution is -2.52. The molecule has 1 fully saturated rings. The second-order valence-electron chi connectivity index (χ2n) is 6.81. The van der Waals surface area contributed by atoms with Crippen LogP contribution in [0.1, 0.15) is 46.5 Å². The quantitative estimate of drug-likeness (QED) is 0.678. The van der Waals surface area contributed by atoms with Crippen LogP contribution >= 0.6 is 0 Å². The van der Waals surface area contributed by atoms with Crippen LogP contribution in [-0.2, 0) is 14.4 Å². The summed E-state index contributed by atoms with van der Waals surface area (Å²) in [5.74, 6) is -1.51. The van der Waals surface area contributed by atoms with E-state index in [0.717, 1.165) is 19.3 Å². The second-order valence-corrected chi connectivity index (χ2v) is 6.81. The standard InChI is InChI=1S/C15H27N3O3/c1-15(2,3)12(19)9-6-4-5-7-10(9)14(21)18-11(8-16)13(17)20/h9-11H,4-8,16H2,1-3H3,(H2,17,20)(H,18,21). The number of hydrogen-bond acceptors (Lipinski definition) is 4. The van der Waals surface area contributed by atoms with Gasteiger partial charge in [-0.05, 0) is 12.8 Å². The minimum atomic E-state index is -0.871. The van der Waals surface area contributed by atoms with Crippen molar-refractivity contribution >= 4 is 17.6 Å². The number of hydrogen-bond donors (Lipinski definition) is 3. The molecule has 1 rings (SSSR count). The van der Waals surface area contributed by atoms with Crippen LogP contribution in [0.25, 0.3) is 0 Å². The Kier molecular flexibility index (Phi) is 5.89. The summed E-state index contributed by atoms with van der Waals surface area (Å²) >= 11 is 0. The molecule has 0 spiro atoms. The monoisotopic (exact) mass is 297 g/mol. The molecule has 1 saturated carbocycles. The maximum atomic E-state index is 12.5. The fourth-order valence-electron chi connectivity index (χ4n) is 2.84. The molecular weight excluding hydrogens is 270 g/mol. The van der Waals surface area contributed by atoms with Gasteiger partial charge in [-0.25, -0.2) is 0 Å². The Balaban J connectivity index is 2.84. The van der Waals surface area contributed by atoms with E-state index in [9.17, 15) is 14.4 Å². The summed E-state index contributed by atoms with van der Waals surface area (Å²) in [6, 6.07) is -0.871. The highest BCUT2D eigenvalue weighted by Gasteiger charge is 2.40. The molecule has 1 aliphatic carbocycles. The molecule has 0 heterocycles. The Morgan fingerprint density at radius 1 is 1.14 bits per heavy atom. The van der Waals surface area contributed by atoms with Crippen LogP contribution in [-0.4, -0.2) is 30.2 Å². The first-order chi connectivity index (χ1) is 9.68. The minimum Gasteiger partial charge on any atom is -0.368 e. The van der Waals surface area contributed by atoms with Crippen molar-refractivity contribution < 1.29 is 14.4 Å². The van der Waals surface area contributed by atoms with E-state index >= 15 is 0 Å². The third kappa shape index (κ3) is 4.52. The molecule has 2 amide bonds. The number of carbonyl (C=O) groups excluding carboxylic acids is 3. The Hall–Kier alpha value is -1.43. The maximum absolute atomic E-state index is 12.5. The number of Topliss-reactive ketones (excluding diaryl/α,β-unsaturated/α-hetero) is 1. The van der Waals surface area contributed by atoms with E-state index < -0.39 is 17.4 Å². The predicted octanol–water partition coefficient (Wildman–Crippen LogP) is 0.337. The van der Waals surface area contributed by atoms with Crippen LogP contribution in [0.15, 0.2) is 0 Å². The summed E-state index contributed by atoms with van der Waals surface area (Å²) < 4.78 is 0. The molecule has 1 aliphatic rings. The van der Waals surface area contributed by atoms with E-state index in [-0.39, 0.29) is 30.1 Å². The first-order valence-corrected chi connectivity index (χ1v) is 7.52. The molecule has 6 nitrogen and oxygen atoms in total. The second kappa shape index (κ2) is 7.02. The van der Waals surface area contributed by atoms with Gasteiger partial charge in [-0.3, -0.25) is 14.4 Å². The van der Waals surface area contributed by atoms with Gasteiger partial charge in [0.1, 0.15) is 11.8 Å². The third-order valence-electron chi connectivity index (χ3n) is 4.07. The molecule has 120 valence electrons. The fourth-order valence-corrected chi connectivity index (χ4v) is 2.84. The van der Waals surface area contributed by atoms with E-state index in [4.69, 9.17) is 11.5 Å². The highest BCUT2D eigenvalue weighted by Crippen LogP contribution is 2.35. The lowest BCUT2D eigenvalue weighted by Gasteiger charge is -2.34. The molecule has 3 atom stereocenters. The van der Waals surface area contributed by atoms with Crippen molar-refractivity contribution in [1.82, 2.24) is 5.32 Å². The summed E-state index contributed by atoms with van der Waals surface area (Å²) in [6.07, 6.45) is 3.24. The van der Waals surface area contributed by atoms with Crippen LogP contribution in [0.4, 0.5) is 0 Å². The largest absolute Gasteiger partial charge is 0.368 e. The highest BCUT2D eigenvalue weighted by atomic mass is 16.2. The van der Waals surface area contributed by atoms with Crippen molar-refractivity contribution in [2.45, 2.75) is 52.5 Å². The van der Waals surface area contributed by atoms with Gasteiger partial charge in [-0.1, -0.05) is 33.6 Å². The van der Waals surface area contributed by atoms with Crippen LogP contribution in [0, 0.1) is 17.3 Å². The molecule has 5 N–H and O–H groups in total. The summed E-state index contributed by atoms with van der Waals surface area (Å²) in [5.41, 5.74) is 10.1. The normalized spacial score (nSPS) is 24.2. The minimum absolute atomic E-state index is 0.0360. The van der Waals surface area contributed by atoms with Crippen LogP contribution in [0.2, 0.25) is 0 Å². The molecule has 0 aromatic carbocycles. The lowest BCUT2D eigenvalue weighted by atomic mass is 9.70. The Morgan fingerprint density at radius 3 is 2.10 bits per heavy atom. The number of amides is 2. The number of nitrogens with one attached hydrogen (secondary N) is 1. The van der Waals surface area contributed by atoms with Crippen molar-refractivity contribution in [3.8, 4) is 0 Å². The van der Waals surface area contributed by atoms with Crippen LogP contribution in [0.5, 0.6) is 0 Å². The average molecular weight is 297 g/mol. The molecule has 0 radical (unpaired) electrons. The smallest absolute Gasteiger partial charge is 0.241 e. The van der Waals surface area contributed by atoms with E-state index in [1.165, 1.54) is 0 Å². The number of ketones is 1. The number of nitrogens with two attached hydrogens (primary N) is 2. The molecule has 0 saturated heterocycles. The third-order valence-corrected chi connectivity index (χ3v) is 4.07. The Labute approximate surface area is 126 Å². The topological polar surface area (TPSA) is 115 Å². The lowest BCUT2D eigenvalue weighted by molar-refractivity contribution is -0.140. The van der Waals surface area contributed by atoms with Crippen LogP contribution < -0.4 is 16.8 Å². The van der Waals surface area contributed by atoms with Crippen molar-refractivity contribution in [3.05, 3.63) is 0 Å². The summed E-state index contributed by atoms with van der Waals surface area (Å²) in [6.45, 7) is 5.56. The van der Waals surface area contributed by atoms with Gasteiger partial charge in [0.15, 0.2) is 0 Å². The van der Waals surface area contributed by atoms with Gasteiger partial charge >= 0.3 is 0 Å². The first-order valence-electron chi connectivity index (χ1n) is 7.52. The highest BCUT2D eigenvalue weighted by molar-refractivity contribution is 5.93. The zero-order valence-corrected chi connectivity index (χ0v) is 13.1. The van der Waals surface area contributed by atoms with Gasteiger partial charge in [0.05, 0.1) is 0 Å².